The van der Waals surface area contributed by atoms with Crippen LogP contribution in [0.1, 0.15) is 19.5 Å². The van der Waals surface area contributed by atoms with Gasteiger partial charge in [0.25, 0.3) is 0 Å². The first-order valence-corrected chi connectivity index (χ1v) is 5.97. The molecule has 2 N–H and O–H groups in total. The maximum absolute atomic E-state index is 6.00. The third-order valence-corrected chi connectivity index (χ3v) is 2.87. The van der Waals surface area contributed by atoms with E-state index in [1.807, 2.05) is 38.2 Å². The van der Waals surface area contributed by atoms with Crippen molar-refractivity contribution in [2.45, 2.75) is 19.4 Å². The molecule has 0 bridgehead atoms. The van der Waals surface area contributed by atoms with E-state index in [0.717, 1.165) is 22.4 Å². The highest BCUT2D eigenvalue weighted by Gasteiger charge is 2.18. The lowest BCUT2D eigenvalue weighted by Gasteiger charge is -2.13. The number of fused-ring (bicyclic) bond motifs is 1. The van der Waals surface area contributed by atoms with Crippen LogP contribution in [0.15, 0.2) is 36.8 Å². The van der Waals surface area contributed by atoms with E-state index in [9.17, 15) is 0 Å². The van der Waals surface area contributed by atoms with E-state index in [-0.39, 0.29) is 0 Å². The second kappa shape index (κ2) is 4.10. The first-order valence-electron chi connectivity index (χ1n) is 5.97. The predicted octanol–water partition coefficient (Wildman–Crippen LogP) is 1.40. The van der Waals surface area contributed by atoms with Crippen LogP contribution in [-0.4, -0.2) is 25.0 Å². The van der Waals surface area contributed by atoms with Gasteiger partial charge in [0.15, 0.2) is 0 Å². The van der Waals surface area contributed by atoms with Gasteiger partial charge in [-0.25, -0.2) is 4.68 Å². The molecule has 0 saturated heterocycles. The van der Waals surface area contributed by atoms with Crippen LogP contribution in [0.4, 0.5) is 0 Å². The Kier molecular flexibility index (Phi) is 2.53. The zero-order chi connectivity index (χ0) is 13.5. The second-order valence-electron chi connectivity index (χ2n) is 5.00. The summed E-state index contributed by atoms with van der Waals surface area (Å²) in [5.41, 5.74) is 8.80. The van der Waals surface area contributed by atoms with E-state index in [2.05, 4.69) is 20.3 Å². The van der Waals surface area contributed by atoms with E-state index in [1.54, 1.807) is 17.1 Å². The fourth-order valence-corrected chi connectivity index (χ4v) is 1.78. The lowest BCUT2D eigenvalue weighted by Crippen LogP contribution is -2.29. The molecule has 0 aliphatic rings. The van der Waals surface area contributed by atoms with Crippen LogP contribution >= 0.6 is 0 Å². The van der Waals surface area contributed by atoms with Gasteiger partial charge in [-0.2, -0.15) is 0 Å². The highest BCUT2D eigenvalue weighted by molar-refractivity contribution is 5.76. The molecule has 0 atom stereocenters. The Morgan fingerprint density at radius 3 is 2.53 bits per heavy atom. The number of hydrogen-bond donors (Lipinski definition) is 1. The van der Waals surface area contributed by atoms with E-state index in [1.165, 1.54) is 0 Å². The number of rotatable bonds is 2. The van der Waals surface area contributed by atoms with Crippen LogP contribution in [0.25, 0.3) is 16.7 Å². The molecule has 0 radical (unpaired) electrons. The Balaban J connectivity index is 2.07. The highest BCUT2D eigenvalue weighted by Crippen LogP contribution is 2.17. The minimum absolute atomic E-state index is 0.505. The molecule has 3 rings (SSSR count). The minimum atomic E-state index is -0.505. The maximum Gasteiger partial charge on any atom is 0.102 e. The summed E-state index contributed by atoms with van der Waals surface area (Å²) in [5.74, 6) is 0. The van der Waals surface area contributed by atoms with Crippen molar-refractivity contribution < 1.29 is 0 Å². The van der Waals surface area contributed by atoms with Crippen molar-refractivity contribution in [1.82, 2.24) is 25.0 Å². The molecule has 0 fully saturated rings. The molecule has 96 valence electrons. The molecule has 0 unspecified atom stereocenters. The summed E-state index contributed by atoms with van der Waals surface area (Å²) in [5, 5.41) is 8.19. The van der Waals surface area contributed by atoms with Crippen molar-refractivity contribution in [2.75, 3.05) is 0 Å². The monoisotopic (exact) mass is 254 g/mol. The zero-order valence-corrected chi connectivity index (χ0v) is 10.8. The minimum Gasteiger partial charge on any atom is -0.320 e. The van der Waals surface area contributed by atoms with Crippen LogP contribution in [0.3, 0.4) is 0 Å². The molecule has 0 spiro atoms. The third kappa shape index (κ3) is 2.17. The van der Waals surface area contributed by atoms with Crippen molar-refractivity contribution in [3.63, 3.8) is 0 Å². The quantitative estimate of drug-likeness (QED) is 0.747. The van der Waals surface area contributed by atoms with Gasteiger partial charge >= 0.3 is 0 Å². The Labute approximate surface area is 110 Å². The summed E-state index contributed by atoms with van der Waals surface area (Å²) in [6, 6.07) is 5.76. The van der Waals surface area contributed by atoms with Crippen LogP contribution in [-0.2, 0) is 5.54 Å². The van der Waals surface area contributed by atoms with Gasteiger partial charge in [0.1, 0.15) is 5.69 Å². The van der Waals surface area contributed by atoms with Gasteiger partial charge in [0, 0.05) is 12.4 Å². The van der Waals surface area contributed by atoms with Crippen LogP contribution in [0, 0.1) is 0 Å². The molecule has 2 heterocycles. The van der Waals surface area contributed by atoms with Gasteiger partial charge in [-0.15, -0.1) is 5.10 Å². The molecule has 0 saturated carbocycles. The molecular formula is C13H14N6. The molecule has 1 aromatic carbocycles. The lowest BCUT2D eigenvalue weighted by molar-refractivity contribution is 0.533. The predicted molar refractivity (Wildman–Crippen MR) is 71.7 cm³/mol. The van der Waals surface area contributed by atoms with Crippen molar-refractivity contribution in [2.24, 2.45) is 5.73 Å². The topological polar surface area (TPSA) is 82.5 Å². The van der Waals surface area contributed by atoms with Crippen LogP contribution in [0.5, 0.6) is 0 Å². The van der Waals surface area contributed by atoms with Crippen molar-refractivity contribution in [1.29, 1.82) is 0 Å². The van der Waals surface area contributed by atoms with Gasteiger partial charge in [-0.1, -0.05) is 5.21 Å². The lowest BCUT2D eigenvalue weighted by atomic mass is 10.0. The first kappa shape index (κ1) is 11.7. The molecule has 6 nitrogen and oxygen atoms in total. The second-order valence-corrected chi connectivity index (χ2v) is 5.00. The van der Waals surface area contributed by atoms with Gasteiger partial charge < -0.3 is 5.73 Å². The van der Waals surface area contributed by atoms with Gasteiger partial charge in [0.05, 0.1) is 28.5 Å². The number of nitrogens with zero attached hydrogens (tertiary/aromatic N) is 5. The largest absolute Gasteiger partial charge is 0.320 e. The summed E-state index contributed by atoms with van der Waals surface area (Å²) in [7, 11) is 0. The number of aromatic nitrogens is 5. The molecule has 2 aromatic heterocycles. The SMILES string of the molecule is CC(C)(N)c1cn(-c2ccc3nccnc3c2)nn1. The standard InChI is InChI=1S/C13H14N6/c1-13(2,14)12-8-19(18-17-12)9-3-4-10-11(7-9)16-6-5-15-10/h3-8H,14H2,1-2H3. The van der Waals surface area contributed by atoms with Gasteiger partial charge in [-0.05, 0) is 32.0 Å². The van der Waals surface area contributed by atoms with Crippen molar-refractivity contribution >= 4 is 11.0 Å². The Bertz CT molecular complexity index is 725. The summed E-state index contributed by atoms with van der Waals surface area (Å²) >= 11 is 0. The summed E-state index contributed by atoms with van der Waals surface area (Å²) in [6.07, 6.45) is 5.17. The summed E-state index contributed by atoms with van der Waals surface area (Å²) in [4.78, 5) is 8.51. The van der Waals surface area contributed by atoms with Crippen molar-refractivity contribution in [3.8, 4) is 5.69 Å². The van der Waals surface area contributed by atoms with Gasteiger partial charge in [-0.3, -0.25) is 9.97 Å². The summed E-state index contributed by atoms with van der Waals surface area (Å²) < 4.78 is 1.69. The van der Waals surface area contributed by atoms with E-state index in [4.69, 9.17) is 5.73 Å². The number of benzene rings is 1. The Morgan fingerprint density at radius 2 is 1.84 bits per heavy atom. The fraction of sp³-hybridized carbons (Fsp3) is 0.231. The fourth-order valence-electron chi connectivity index (χ4n) is 1.78. The summed E-state index contributed by atoms with van der Waals surface area (Å²) in [6.45, 7) is 3.79. The molecular weight excluding hydrogens is 240 g/mol. The maximum atomic E-state index is 6.00. The number of hydrogen-bond acceptors (Lipinski definition) is 5. The van der Waals surface area contributed by atoms with E-state index in [0.29, 0.717) is 0 Å². The van der Waals surface area contributed by atoms with E-state index >= 15 is 0 Å². The average Bonchev–Trinajstić information content (AvgIpc) is 2.87. The van der Waals surface area contributed by atoms with Crippen LogP contribution < -0.4 is 5.73 Å². The zero-order valence-electron chi connectivity index (χ0n) is 10.8. The molecule has 0 amide bonds. The smallest absolute Gasteiger partial charge is 0.102 e. The molecule has 0 aliphatic carbocycles. The van der Waals surface area contributed by atoms with Crippen LogP contribution in [0.2, 0.25) is 0 Å². The Morgan fingerprint density at radius 1 is 1.11 bits per heavy atom. The Hall–Kier alpha value is -2.34. The molecule has 0 aliphatic heterocycles. The van der Waals surface area contributed by atoms with Crippen molar-refractivity contribution in [3.05, 3.63) is 42.5 Å². The van der Waals surface area contributed by atoms with Gasteiger partial charge in [0.2, 0.25) is 0 Å². The first-order chi connectivity index (χ1) is 9.04. The average molecular weight is 254 g/mol. The molecule has 19 heavy (non-hydrogen) atoms. The third-order valence-electron chi connectivity index (χ3n) is 2.87. The molecule has 6 heteroatoms. The number of nitrogens with two attached hydrogens (primary N) is 1. The normalized spacial score (nSPS) is 11.9. The highest BCUT2D eigenvalue weighted by atomic mass is 15.4. The molecule has 3 aromatic rings. The van der Waals surface area contributed by atoms with E-state index < -0.39 is 5.54 Å².